The van der Waals surface area contributed by atoms with Crippen LogP contribution in [0.4, 0.5) is 11.5 Å². The smallest absolute Gasteiger partial charge is 0.205 e. The fourth-order valence-electron chi connectivity index (χ4n) is 3.11. The number of hydrogen-bond donors (Lipinski definition) is 2. The van der Waals surface area contributed by atoms with E-state index in [4.69, 9.17) is 23.1 Å². The summed E-state index contributed by atoms with van der Waals surface area (Å²) in [6.45, 7) is 0. The highest BCUT2D eigenvalue weighted by Crippen LogP contribution is 2.43. The summed E-state index contributed by atoms with van der Waals surface area (Å²) in [6, 6.07) is 18.1. The van der Waals surface area contributed by atoms with Crippen LogP contribution in [-0.2, 0) is 0 Å². The lowest BCUT2D eigenvalue weighted by molar-refractivity contribution is 0.104. The molecule has 0 atom stereocenters. The number of nitrogens with two attached hydrogens (primary N) is 2. The molecule has 0 aliphatic rings. The van der Waals surface area contributed by atoms with Crippen molar-refractivity contribution in [1.82, 2.24) is 4.98 Å². The van der Waals surface area contributed by atoms with Crippen molar-refractivity contribution in [3.05, 3.63) is 75.6 Å². The molecule has 0 radical (unpaired) electrons. The van der Waals surface area contributed by atoms with Crippen LogP contribution in [0.5, 0.6) is 0 Å². The normalized spacial score (nSPS) is 10.7. The molecule has 0 aliphatic carbocycles. The van der Waals surface area contributed by atoms with Gasteiger partial charge in [0.25, 0.3) is 0 Å². The number of benzene rings is 2. The first-order chi connectivity index (χ1) is 13.5. The summed E-state index contributed by atoms with van der Waals surface area (Å²) in [5.74, 6) is -0.143. The number of ketones is 1. The van der Waals surface area contributed by atoms with E-state index in [1.807, 2.05) is 30.3 Å². The van der Waals surface area contributed by atoms with Crippen LogP contribution in [-0.4, -0.2) is 10.8 Å². The maximum absolute atomic E-state index is 13.0. The van der Waals surface area contributed by atoms with Crippen molar-refractivity contribution in [2.45, 2.75) is 0 Å². The van der Waals surface area contributed by atoms with E-state index >= 15 is 0 Å². The summed E-state index contributed by atoms with van der Waals surface area (Å²) in [5, 5.41) is 10.7. The molecule has 2 aromatic heterocycles. The molecule has 4 aromatic rings. The lowest BCUT2D eigenvalue weighted by Crippen LogP contribution is -2.02. The SMILES string of the molecule is N#Cc1c(N)nc2sc(C(=O)c3cccc(Cl)c3)c(N)c2c1-c1ccccc1. The molecule has 4 N–H and O–H groups in total. The van der Waals surface area contributed by atoms with Gasteiger partial charge in [0.1, 0.15) is 27.2 Å². The van der Waals surface area contributed by atoms with Gasteiger partial charge in [0.05, 0.1) is 5.69 Å². The number of carbonyl (C=O) groups excluding carboxylic acids is 1. The summed E-state index contributed by atoms with van der Waals surface area (Å²) in [6.07, 6.45) is 0. The number of anilines is 2. The minimum absolute atomic E-state index is 0.108. The Kier molecular flexibility index (Phi) is 4.47. The van der Waals surface area contributed by atoms with Crippen molar-refractivity contribution in [3.8, 4) is 17.2 Å². The third-order valence-corrected chi connectivity index (χ3v) is 5.71. The van der Waals surface area contributed by atoms with Gasteiger partial charge in [-0.2, -0.15) is 5.26 Å². The van der Waals surface area contributed by atoms with Crippen LogP contribution in [0.1, 0.15) is 20.8 Å². The number of thiophene rings is 1. The summed E-state index contributed by atoms with van der Waals surface area (Å²) < 4.78 is 0. The summed E-state index contributed by atoms with van der Waals surface area (Å²) in [4.78, 5) is 18.2. The van der Waals surface area contributed by atoms with Crippen LogP contribution < -0.4 is 11.5 Å². The predicted molar refractivity (Wildman–Crippen MR) is 113 cm³/mol. The Morgan fingerprint density at radius 1 is 1.11 bits per heavy atom. The van der Waals surface area contributed by atoms with Crippen molar-refractivity contribution >= 4 is 50.4 Å². The van der Waals surface area contributed by atoms with Gasteiger partial charge in [-0.25, -0.2) is 4.98 Å². The lowest BCUT2D eigenvalue weighted by atomic mass is 9.97. The molecule has 0 spiro atoms. The molecule has 136 valence electrons. The van der Waals surface area contributed by atoms with Gasteiger partial charge in [-0.15, -0.1) is 11.3 Å². The van der Waals surface area contributed by atoms with Crippen LogP contribution in [0.3, 0.4) is 0 Å². The number of aromatic nitrogens is 1. The highest BCUT2D eigenvalue weighted by Gasteiger charge is 2.24. The molecule has 28 heavy (non-hydrogen) atoms. The predicted octanol–water partition coefficient (Wildman–Crippen LogP) is 4.88. The van der Waals surface area contributed by atoms with Crippen molar-refractivity contribution < 1.29 is 4.79 Å². The van der Waals surface area contributed by atoms with Gasteiger partial charge in [-0.3, -0.25) is 4.79 Å². The van der Waals surface area contributed by atoms with Gasteiger partial charge in [-0.05, 0) is 17.7 Å². The van der Waals surface area contributed by atoms with Crippen molar-refractivity contribution in [1.29, 1.82) is 5.26 Å². The molecule has 2 aromatic carbocycles. The Balaban J connectivity index is 2.02. The molecule has 7 heteroatoms. The number of nitriles is 1. The molecule has 5 nitrogen and oxygen atoms in total. The second kappa shape index (κ2) is 6.97. The zero-order valence-electron chi connectivity index (χ0n) is 14.4. The summed E-state index contributed by atoms with van der Waals surface area (Å²) in [7, 11) is 0. The van der Waals surface area contributed by atoms with Crippen molar-refractivity contribution in [2.24, 2.45) is 0 Å². The Bertz CT molecular complexity index is 1280. The third-order valence-electron chi connectivity index (χ3n) is 4.37. The molecule has 4 rings (SSSR count). The van der Waals surface area contributed by atoms with E-state index in [2.05, 4.69) is 11.1 Å². The van der Waals surface area contributed by atoms with Gasteiger partial charge in [0.2, 0.25) is 5.78 Å². The third kappa shape index (κ3) is 2.87. The number of fused-ring (bicyclic) bond motifs is 1. The Hall–Kier alpha value is -3.40. The average Bonchev–Trinajstić information content (AvgIpc) is 3.03. The molecular formula is C21H13ClN4OS. The summed E-state index contributed by atoms with van der Waals surface area (Å²) >= 11 is 7.17. The minimum Gasteiger partial charge on any atom is -0.397 e. The van der Waals surface area contributed by atoms with E-state index in [-0.39, 0.29) is 22.9 Å². The Morgan fingerprint density at radius 2 is 1.86 bits per heavy atom. The second-order valence-electron chi connectivity index (χ2n) is 6.09. The van der Waals surface area contributed by atoms with Crippen LogP contribution in [0.15, 0.2) is 54.6 Å². The topological polar surface area (TPSA) is 106 Å². The van der Waals surface area contributed by atoms with Gasteiger partial charge >= 0.3 is 0 Å². The van der Waals surface area contributed by atoms with E-state index in [9.17, 15) is 10.1 Å². The van der Waals surface area contributed by atoms with Crippen LogP contribution >= 0.6 is 22.9 Å². The molecule has 0 saturated heterocycles. The van der Waals surface area contributed by atoms with E-state index in [0.29, 0.717) is 31.2 Å². The molecule has 2 heterocycles. The van der Waals surface area contributed by atoms with E-state index in [1.165, 1.54) is 0 Å². The first kappa shape index (κ1) is 18.0. The van der Waals surface area contributed by atoms with Crippen molar-refractivity contribution in [2.75, 3.05) is 11.5 Å². The van der Waals surface area contributed by atoms with E-state index < -0.39 is 0 Å². The largest absolute Gasteiger partial charge is 0.397 e. The first-order valence-corrected chi connectivity index (χ1v) is 9.48. The van der Waals surface area contributed by atoms with E-state index in [0.717, 1.165) is 16.9 Å². The number of nitrogens with zero attached hydrogens (tertiary/aromatic N) is 2. The molecule has 0 fully saturated rings. The standard InChI is InChI=1S/C21H13ClN4OS/c22-13-8-4-7-12(9-13)18(27)19-17(24)16-15(11-5-2-1-3-6-11)14(10-23)20(25)26-21(16)28-19/h1-9H,24H2,(H2,25,26). The minimum atomic E-state index is -0.251. The first-order valence-electron chi connectivity index (χ1n) is 8.28. The number of carbonyl (C=O) groups is 1. The average molecular weight is 405 g/mol. The van der Waals surface area contributed by atoms with Crippen LogP contribution in [0, 0.1) is 11.3 Å². The van der Waals surface area contributed by atoms with Gasteiger partial charge in [0, 0.05) is 21.5 Å². The molecule has 0 saturated carbocycles. The van der Waals surface area contributed by atoms with Gasteiger partial charge in [-0.1, -0.05) is 54.1 Å². The molecule has 0 bridgehead atoms. The molecule has 0 unspecified atom stereocenters. The molecule has 0 amide bonds. The summed E-state index contributed by atoms with van der Waals surface area (Å²) in [5.41, 5.74) is 14.8. The van der Waals surface area contributed by atoms with Crippen LogP contribution in [0.2, 0.25) is 5.02 Å². The van der Waals surface area contributed by atoms with Gasteiger partial charge in [0.15, 0.2) is 0 Å². The zero-order chi connectivity index (χ0) is 19.8. The number of rotatable bonds is 3. The van der Waals surface area contributed by atoms with E-state index in [1.54, 1.807) is 24.3 Å². The monoisotopic (exact) mass is 404 g/mol. The van der Waals surface area contributed by atoms with Crippen LogP contribution in [0.25, 0.3) is 21.3 Å². The zero-order valence-corrected chi connectivity index (χ0v) is 16.0. The molecule has 0 aliphatic heterocycles. The Morgan fingerprint density at radius 3 is 2.54 bits per heavy atom. The maximum Gasteiger partial charge on any atom is 0.205 e. The number of hydrogen-bond acceptors (Lipinski definition) is 6. The fourth-order valence-corrected chi connectivity index (χ4v) is 4.37. The number of nitrogen functional groups attached to an aromatic ring is 2. The fraction of sp³-hybridized carbons (Fsp3) is 0. The highest BCUT2D eigenvalue weighted by molar-refractivity contribution is 7.21. The van der Waals surface area contributed by atoms with Gasteiger partial charge < -0.3 is 11.5 Å². The second-order valence-corrected chi connectivity index (χ2v) is 7.52. The van der Waals surface area contributed by atoms with Crippen molar-refractivity contribution in [3.63, 3.8) is 0 Å². The maximum atomic E-state index is 13.0. The lowest BCUT2D eigenvalue weighted by Gasteiger charge is -2.09. The Labute approximate surface area is 169 Å². The molecular weight excluding hydrogens is 392 g/mol. The number of halogens is 1. The quantitative estimate of drug-likeness (QED) is 0.473. The highest BCUT2D eigenvalue weighted by atomic mass is 35.5. The number of pyridine rings is 1.